The summed E-state index contributed by atoms with van der Waals surface area (Å²) >= 11 is 0. The minimum atomic E-state index is 0.215. The summed E-state index contributed by atoms with van der Waals surface area (Å²) in [4.78, 5) is 8.84. The highest BCUT2D eigenvalue weighted by Crippen LogP contribution is 2.25. The van der Waals surface area contributed by atoms with Gasteiger partial charge in [-0.15, -0.1) is 0 Å². The summed E-state index contributed by atoms with van der Waals surface area (Å²) in [5.74, 6) is 1.22. The topological polar surface area (TPSA) is 88.8 Å². The van der Waals surface area contributed by atoms with Gasteiger partial charge in [0.2, 0.25) is 11.3 Å². The number of anilines is 3. The zero-order chi connectivity index (χ0) is 15.7. The number of hydrogen-bond donors (Lipinski definition) is 2. The molecule has 0 atom stereocenters. The van der Waals surface area contributed by atoms with Gasteiger partial charge in [-0.3, -0.25) is 0 Å². The van der Waals surface area contributed by atoms with Crippen molar-refractivity contribution in [2.75, 3.05) is 10.6 Å². The molecule has 0 saturated carbocycles. The highest BCUT2D eigenvalue weighted by molar-refractivity contribution is 5.76. The first-order chi connectivity index (χ1) is 10.5. The quantitative estimate of drug-likeness (QED) is 0.764. The largest absolute Gasteiger partial charge is 0.365 e. The van der Waals surface area contributed by atoms with Crippen LogP contribution in [0.25, 0.3) is 11.3 Å². The zero-order valence-corrected chi connectivity index (χ0v) is 13.0. The van der Waals surface area contributed by atoms with Crippen molar-refractivity contribution in [1.29, 1.82) is 0 Å². The molecule has 7 nitrogen and oxygen atoms in total. The Bertz CT molecular complexity index is 811. The molecule has 2 aromatic heterocycles. The van der Waals surface area contributed by atoms with Crippen molar-refractivity contribution in [3.8, 4) is 0 Å². The third-order valence-corrected chi connectivity index (χ3v) is 3.31. The van der Waals surface area contributed by atoms with Crippen molar-refractivity contribution >= 4 is 28.6 Å². The average molecular weight is 298 g/mol. The van der Waals surface area contributed by atoms with Crippen LogP contribution in [0.4, 0.5) is 17.3 Å². The van der Waals surface area contributed by atoms with Crippen LogP contribution in [-0.2, 0) is 0 Å². The van der Waals surface area contributed by atoms with Crippen LogP contribution in [0.1, 0.15) is 25.0 Å². The van der Waals surface area contributed by atoms with E-state index in [1.54, 1.807) is 0 Å². The Balaban J connectivity index is 2.01. The van der Waals surface area contributed by atoms with Crippen LogP contribution in [0.15, 0.2) is 22.8 Å². The Hall–Kier alpha value is -2.70. The van der Waals surface area contributed by atoms with Gasteiger partial charge in [0.1, 0.15) is 0 Å². The molecule has 7 heteroatoms. The summed E-state index contributed by atoms with van der Waals surface area (Å²) in [6.07, 6.45) is 0. The van der Waals surface area contributed by atoms with Crippen LogP contribution < -0.4 is 10.6 Å². The smallest absolute Gasteiger partial charge is 0.245 e. The molecule has 0 radical (unpaired) electrons. The van der Waals surface area contributed by atoms with Gasteiger partial charge in [-0.2, -0.15) is 0 Å². The van der Waals surface area contributed by atoms with Crippen molar-refractivity contribution in [3.05, 3.63) is 29.3 Å². The van der Waals surface area contributed by atoms with E-state index in [9.17, 15) is 0 Å². The number of nitrogens with one attached hydrogen (secondary N) is 2. The second-order valence-electron chi connectivity index (χ2n) is 5.56. The molecule has 0 bridgehead atoms. The van der Waals surface area contributed by atoms with E-state index in [-0.39, 0.29) is 6.04 Å². The lowest BCUT2D eigenvalue weighted by atomic mass is 10.1. The molecule has 0 aliphatic carbocycles. The van der Waals surface area contributed by atoms with Crippen LogP contribution in [0.3, 0.4) is 0 Å². The number of rotatable bonds is 4. The summed E-state index contributed by atoms with van der Waals surface area (Å²) in [7, 11) is 0. The van der Waals surface area contributed by atoms with Crippen molar-refractivity contribution < 1.29 is 4.63 Å². The minimum Gasteiger partial charge on any atom is -0.365 e. The fourth-order valence-corrected chi connectivity index (χ4v) is 2.06. The number of hydrogen-bond acceptors (Lipinski definition) is 7. The molecule has 3 rings (SSSR count). The van der Waals surface area contributed by atoms with Crippen molar-refractivity contribution in [2.24, 2.45) is 0 Å². The van der Waals surface area contributed by atoms with E-state index < -0.39 is 0 Å². The second-order valence-corrected chi connectivity index (χ2v) is 5.56. The maximum atomic E-state index is 4.68. The average Bonchev–Trinajstić information content (AvgIpc) is 2.89. The monoisotopic (exact) mass is 298 g/mol. The SMILES string of the molecule is Cc1ccc(Nc2nc3nonc3nc2NC(C)C)cc1C. The summed E-state index contributed by atoms with van der Waals surface area (Å²) in [5, 5.41) is 14.0. The fourth-order valence-electron chi connectivity index (χ4n) is 2.06. The molecule has 0 amide bonds. The third kappa shape index (κ3) is 2.83. The van der Waals surface area contributed by atoms with Gasteiger partial charge in [0.25, 0.3) is 0 Å². The van der Waals surface area contributed by atoms with Crippen LogP contribution in [-0.4, -0.2) is 26.3 Å². The standard InChI is InChI=1S/C15H18N6O/c1-8(2)16-12-13(19-15-14(18-12)20-22-21-15)17-11-6-5-9(3)10(4)7-11/h5-8H,1-4H3,(H,16,18,20)(H,17,19,21). The van der Waals surface area contributed by atoms with E-state index in [0.29, 0.717) is 22.9 Å². The van der Waals surface area contributed by atoms with Crippen LogP contribution in [0.5, 0.6) is 0 Å². The molecule has 0 aliphatic rings. The molecule has 0 spiro atoms. The molecular weight excluding hydrogens is 280 g/mol. The van der Waals surface area contributed by atoms with E-state index in [0.717, 1.165) is 5.69 Å². The third-order valence-electron chi connectivity index (χ3n) is 3.31. The maximum absolute atomic E-state index is 4.68. The van der Waals surface area contributed by atoms with Gasteiger partial charge < -0.3 is 10.6 Å². The van der Waals surface area contributed by atoms with Gasteiger partial charge in [0, 0.05) is 11.7 Å². The Morgan fingerprint density at radius 3 is 2.27 bits per heavy atom. The summed E-state index contributed by atoms with van der Waals surface area (Å²) in [6.45, 7) is 8.22. The molecule has 1 aromatic carbocycles. The lowest BCUT2D eigenvalue weighted by Crippen LogP contribution is -2.13. The Kier molecular flexibility index (Phi) is 3.62. The molecular formula is C15H18N6O. The number of nitrogens with zero attached hydrogens (tertiary/aromatic N) is 4. The second kappa shape index (κ2) is 5.59. The van der Waals surface area contributed by atoms with Crippen molar-refractivity contribution in [2.45, 2.75) is 33.7 Å². The molecule has 0 saturated heterocycles. The van der Waals surface area contributed by atoms with Gasteiger partial charge in [-0.05, 0) is 61.3 Å². The summed E-state index contributed by atoms with van der Waals surface area (Å²) < 4.78 is 4.68. The van der Waals surface area contributed by atoms with Crippen LogP contribution >= 0.6 is 0 Å². The van der Waals surface area contributed by atoms with E-state index in [2.05, 4.69) is 61.5 Å². The van der Waals surface area contributed by atoms with Crippen molar-refractivity contribution in [1.82, 2.24) is 20.3 Å². The maximum Gasteiger partial charge on any atom is 0.245 e. The highest BCUT2D eigenvalue weighted by Gasteiger charge is 2.13. The molecule has 2 N–H and O–H groups in total. The van der Waals surface area contributed by atoms with Crippen LogP contribution in [0, 0.1) is 13.8 Å². The minimum absolute atomic E-state index is 0.215. The summed E-state index contributed by atoms with van der Waals surface area (Å²) in [6, 6.07) is 6.36. The fraction of sp³-hybridized carbons (Fsp3) is 0.333. The first kappa shape index (κ1) is 14.2. The van der Waals surface area contributed by atoms with E-state index in [1.165, 1.54) is 11.1 Å². The molecule has 22 heavy (non-hydrogen) atoms. The zero-order valence-electron chi connectivity index (χ0n) is 13.0. The Morgan fingerprint density at radius 2 is 1.64 bits per heavy atom. The first-order valence-electron chi connectivity index (χ1n) is 7.14. The lowest BCUT2D eigenvalue weighted by molar-refractivity contribution is 0.314. The molecule has 2 heterocycles. The van der Waals surface area contributed by atoms with Gasteiger partial charge in [-0.1, -0.05) is 6.07 Å². The molecule has 0 unspecified atom stereocenters. The molecule has 3 aromatic rings. The van der Waals surface area contributed by atoms with Gasteiger partial charge in [0.15, 0.2) is 11.6 Å². The van der Waals surface area contributed by atoms with Crippen LogP contribution in [0.2, 0.25) is 0 Å². The predicted molar refractivity (Wildman–Crippen MR) is 85.4 cm³/mol. The highest BCUT2D eigenvalue weighted by atomic mass is 16.6. The van der Waals surface area contributed by atoms with E-state index >= 15 is 0 Å². The van der Waals surface area contributed by atoms with Crippen molar-refractivity contribution in [3.63, 3.8) is 0 Å². The Morgan fingerprint density at radius 1 is 0.955 bits per heavy atom. The molecule has 0 fully saturated rings. The number of fused-ring (bicyclic) bond motifs is 1. The first-order valence-corrected chi connectivity index (χ1v) is 7.14. The molecule has 0 aliphatic heterocycles. The van der Waals surface area contributed by atoms with Gasteiger partial charge in [0.05, 0.1) is 0 Å². The predicted octanol–water partition coefficient (Wildman–Crippen LogP) is 3.19. The number of aryl methyl sites for hydroxylation is 2. The Labute approximate surface area is 128 Å². The molecule has 114 valence electrons. The van der Waals surface area contributed by atoms with Gasteiger partial charge in [-0.25, -0.2) is 14.6 Å². The number of benzene rings is 1. The summed E-state index contributed by atoms with van der Waals surface area (Å²) in [5.41, 5.74) is 4.16. The van der Waals surface area contributed by atoms with E-state index in [1.807, 2.05) is 19.9 Å². The number of aromatic nitrogens is 4. The van der Waals surface area contributed by atoms with Gasteiger partial charge >= 0.3 is 0 Å². The lowest BCUT2D eigenvalue weighted by Gasteiger charge is -2.14. The van der Waals surface area contributed by atoms with E-state index in [4.69, 9.17) is 0 Å². The normalized spacial score (nSPS) is 11.1.